The van der Waals surface area contributed by atoms with Crippen LogP contribution in [-0.4, -0.2) is 89.2 Å². The lowest BCUT2D eigenvalue weighted by atomic mass is 9.98. The molecule has 0 bridgehead atoms. The third-order valence-corrected chi connectivity index (χ3v) is 12.2. The van der Waals surface area contributed by atoms with Crippen molar-refractivity contribution in [3.05, 3.63) is 134 Å². The van der Waals surface area contributed by atoms with Gasteiger partial charge in [0.1, 0.15) is 18.8 Å². The van der Waals surface area contributed by atoms with Crippen molar-refractivity contribution >= 4 is 23.9 Å². The predicted molar refractivity (Wildman–Crippen MR) is 312 cm³/mol. The number of carbonyl (C=O) groups excluding carboxylic acids is 3. The minimum absolute atomic E-state index is 0.0232. The van der Waals surface area contributed by atoms with Crippen molar-refractivity contribution in [2.45, 2.75) is 237 Å². The Bertz CT molecular complexity index is 1850. The monoisotopic (exact) mass is 1070 g/mol. The highest BCUT2D eigenvalue weighted by Crippen LogP contribution is 2.26. The second kappa shape index (κ2) is 51.6. The second-order valence-corrected chi connectivity index (χ2v) is 19.2. The Morgan fingerprint density at radius 1 is 0.455 bits per heavy atom. The van der Waals surface area contributed by atoms with Gasteiger partial charge in [0.15, 0.2) is 24.6 Å². The van der Waals surface area contributed by atoms with Crippen LogP contribution in [0.5, 0.6) is 0 Å². The Kier molecular flexibility index (Phi) is 46.8. The average molecular weight is 1070 g/mol. The van der Waals surface area contributed by atoms with Crippen molar-refractivity contribution in [2.24, 2.45) is 0 Å². The largest absolute Gasteiger partial charge is 0.479 e. The molecule has 0 aromatic carbocycles. The molecule has 1 aliphatic heterocycles. The second-order valence-electron chi connectivity index (χ2n) is 19.2. The summed E-state index contributed by atoms with van der Waals surface area (Å²) in [6.07, 6.45) is 60.4. The maximum absolute atomic E-state index is 13.1. The standard InChI is InChI=1S/C65H100O12/c1-4-7-10-13-16-19-22-25-27-28-29-30-32-34-36-39-42-45-48-51-57(66)73-54-56(75-58(67)52-49-46-43-40-37-33-24-21-18-15-12-9-6-3)55-74-65-63(61(70)60(69)62(77-65)64(71)72)76-59(68)53-50-47-44-41-38-35-31-26-23-20-17-14-11-8-5-2/h8-9,11-12,16-21,25-27,31,33,37-38,41,43,46-47,50,56,60-63,65,69-70H,4-7,10,13-15,22-24,28-30,32,34-36,39-40,42,44-45,48-49,51-55H2,1-3H3,(H,71,72)/b11-8-,12-9-,19-16-,20-17-,21-18-,27-25-,31-26-,37-33-,41-38-,46-43-,50-47-. The Morgan fingerprint density at radius 2 is 0.883 bits per heavy atom. The molecule has 1 saturated heterocycles. The topological polar surface area (TPSA) is 175 Å². The normalized spacial score (nSPS) is 19.0. The van der Waals surface area contributed by atoms with E-state index >= 15 is 0 Å². The van der Waals surface area contributed by atoms with E-state index in [4.69, 9.17) is 23.7 Å². The summed E-state index contributed by atoms with van der Waals surface area (Å²) in [5, 5.41) is 31.4. The molecule has 0 aliphatic carbocycles. The van der Waals surface area contributed by atoms with E-state index in [9.17, 15) is 34.5 Å². The summed E-state index contributed by atoms with van der Waals surface area (Å²) in [7, 11) is 0. The van der Waals surface area contributed by atoms with Gasteiger partial charge < -0.3 is 39.0 Å². The van der Waals surface area contributed by atoms with Gasteiger partial charge in [-0.15, -0.1) is 0 Å². The predicted octanol–water partition coefficient (Wildman–Crippen LogP) is 15.0. The van der Waals surface area contributed by atoms with Crippen LogP contribution in [0.1, 0.15) is 201 Å². The average Bonchev–Trinajstić information content (AvgIpc) is 3.42. The molecule has 1 fully saturated rings. The van der Waals surface area contributed by atoms with Crippen molar-refractivity contribution in [1.29, 1.82) is 0 Å². The number of rotatable bonds is 47. The first-order valence-corrected chi connectivity index (χ1v) is 29.2. The fraction of sp³-hybridized carbons (Fsp3) is 0.600. The SMILES string of the molecule is CC/C=C\C/C=C\C/C=C\C/C=C\C/C=C\CC(=O)OC1C(OCC(COC(=O)CCCCCCCCCCC/C=C\C/C=C\CCCCC)OC(=O)CC/C=C\C/C=C\C/C=C\C/C=C\CC)OC(C(=O)O)C(O)C1O. The van der Waals surface area contributed by atoms with Crippen LogP contribution in [0.25, 0.3) is 0 Å². The van der Waals surface area contributed by atoms with Gasteiger partial charge in [0.2, 0.25) is 0 Å². The molecule has 12 nitrogen and oxygen atoms in total. The lowest BCUT2D eigenvalue weighted by Gasteiger charge is -2.40. The summed E-state index contributed by atoms with van der Waals surface area (Å²) in [5.74, 6) is -3.42. The fourth-order valence-electron chi connectivity index (χ4n) is 7.84. The van der Waals surface area contributed by atoms with E-state index in [-0.39, 0.29) is 25.9 Å². The van der Waals surface area contributed by atoms with Crippen molar-refractivity contribution in [1.82, 2.24) is 0 Å². The van der Waals surface area contributed by atoms with Gasteiger partial charge in [0.05, 0.1) is 13.0 Å². The van der Waals surface area contributed by atoms with Crippen molar-refractivity contribution in [3.8, 4) is 0 Å². The van der Waals surface area contributed by atoms with E-state index in [0.29, 0.717) is 25.7 Å². The lowest BCUT2D eigenvalue weighted by Crippen LogP contribution is -2.61. The molecule has 6 unspecified atom stereocenters. The van der Waals surface area contributed by atoms with Crippen LogP contribution in [-0.2, 0) is 42.9 Å². The maximum Gasteiger partial charge on any atom is 0.335 e. The van der Waals surface area contributed by atoms with Gasteiger partial charge in [0, 0.05) is 12.8 Å². The molecule has 1 aliphatic rings. The Morgan fingerprint density at radius 3 is 1.36 bits per heavy atom. The number of ether oxygens (including phenoxy) is 5. The van der Waals surface area contributed by atoms with E-state index < -0.39 is 67.3 Å². The highest BCUT2D eigenvalue weighted by molar-refractivity contribution is 5.74. The first kappa shape index (κ1) is 69.9. The Balaban J connectivity index is 2.76. The number of hydrogen-bond donors (Lipinski definition) is 3. The van der Waals surface area contributed by atoms with Crippen molar-refractivity contribution < 1.29 is 58.2 Å². The molecule has 1 rings (SSSR count). The molecule has 0 radical (unpaired) electrons. The van der Waals surface area contributed by atoms with Crippen LogP contribution in [0, 0.1) is 0 Å². The van der Waals surface area contributed by atoms with E-state index in [2.05, 4.69) is 118 Å². The molecule has 77 heavy (non-hydrogen) atoms. The summed E-state index contributed by atoms with van der Waals surface area (Å²) in [4.78, 5) is 51.0. The molecule has 3 N–H and O–H groups in total. The molecule has 0 aromatic rings. The summed E-state index contributed by atoms with van der Waals surface area (Å²) in [6.45, 7) is 5.61. The Labute approximate surface area is 464 Å². The number of esters is 3. The summed E-state index contributed by atoms with van der Waals surface area (Å²) >= 11 is 0. The highest BCUT2D eigenvalue weighted by atomic mass is 16.7. The number of carbonyl (C=O) groups is 4. The van der Waals surface area contributed by atoms with Gasteiger partial charge in [0.25, 0.3) is 0 Å². The van der Waals surface area contributed by atoms with Crippen LogP contribution < -0.4 is 0 Å². The minimum atomic E-state index is -1.95. The first-order chi connectivity index (χ1) is 37.6. The molecule has 432 valence electrons. The van der Waals surface area contributed by atoms with Gasteiger partial charge in [-0.3, -0.25) is 14.4 Å². The molecular formula is C65H100O12. The zero-order valence-electron chi connectivity index (χ0n) is 47.4. The number of aliphatic hydroxyl groups is 2. The van der Waals surface area contributed by atoms with Crippen LogP contribution in [0.2, 0.25) is 0 Å². The van der Waals surface area contributed by atoms with Crippen LogP contribution in [0.4, 0.5) is 0 Å². The molecular weight excluding hydrogens is 973 g/mol. The zero-order chi connectivity index (χ0) is 56.1. The molecule has 1 heterocycles. The highest BCUT2D eigenvalue weighted by Gasteiger charge is 2.50. The van der Waals surface area contributed by atoms with E-state index in [0.717, 1.165) is 83.5 Å². The van der Waals surface area contributed by atoms with Gasteiger partial charge in [-0.05, 0) is 103 Å². The quantitative estimate of drug-likeness (QED) is 0.0228. The Hall–Kier alpha value is -5.14. The van der Waals surface area contributed by atoms with Crippen LogP contribution >= 0.6 is 0 Å². The number of hydrogen-bond acceptors (Lipinski definition) is 11. The van der Waals surface area contributed by atoms with Crippen molar-refractivity contribution in [3.63, 3.8) is 0 Å². The van der Waals surface area contributed by atoms with Gasteiger partial charge in [-0.2, -0.15) is 0 Å². The third-order valence-electron chi connectivity index (χ3n) is 12.2. The zero-order valence-corrected chi connectivity index (χ0v) is 47.4. The molecule has 0 amide bonds. The maximum atomic E-state index is 13.1. The van der Waals surface area contributed by atoms with Gasteiger partial charge in [-0.25, -0.2) is 4.79 Å². The summed E-state index contributed by atoms with van der Waals surface area (Å²) in [5.41, 5.74) is 0. The van der Waals surface area contributed by atoms with E-state index in [1.807, 2.05) is 24.3 Å². The fourth-order valence-corrected chi connectivity index (χ4v) is 7.84. The van der Waals surface area contributed by atoms with Crippen molar-refractivity contribution in [2.75, 3.05) is 13.2 Å². The lowest BCUT2D eigenvalue weighted by molar-refractivity contribution is -0.301. The number of aliphatic hydroxyl groups excluding tert-OH is 2. The summed E-state index contributed by atoms with van der Waals surface area (Å²) < 4.78 is 28.2. The summed E-state index contributed by atoms with van der Waals surface area (Å²) in [6, 6.07) is 0. The van der Waals surface area contributed by atoms with Gasteiger partial charge in [-0.1, -0.05) is 212 Å². The number of unbranched alkanes of at least 4 members (excludes halogenated alkanes) is 12. The molecule has 6 atom stereocenters. The van der Waals surface area contributed by atoms with E-state index in [1.165, 1.54) is 51.4 Å². The van der Waals surface area contributed by atoms with Crippen LogP contribution in [0.3, 0.4) is 0 Å². The number of carboxylic acid groups (broad SMARTS) is 1. The molecule has 12 heteroatoms. The molecule has 0 saturated carbocycles. The minimum Gasteiger partial charge on any atom is -0.479 e. The molecule has 0 spiro atoms. The third kappa shape index (κ3) is 41.6. The van der Waals surface area contributed by atoms with Crippen LogP contribution in [0.15, 0.2) is 134 Å². The molecule has 0 aromatic heterocycles. The number of aliphatic carboxylic acids is 1. The number of allylic oxidation sites excluding steroid dienone is 21. The van der Waals surface area contributed by atoms with Gasteiger partial charge >= 0.3 is 23.9 Å². The smallest absolute Gasteiger partial charge is 0.335 e. The van der Waals surface area contributed by atoms with E-state index in [1.54, 1.807) is 12.2 Å². The number of carboxylic acids is 1. The first-order valence-electron chi connectivity index (χ1n) is 29.2.